The monoisotopic (exact) mass is 362 g/mol. The molecule has 5 nitrogen and oxygen atoms in total. The highest BCUT2D eigenvalue weighted by atomic mass is 16.1. The molecule has 5 heteroatoms. The minimum Gasteiger partial charge on any atom is -0.347 e. The molecule has 3 rings (SSSR count). The van der Waals surface area contributed by atoms with Gasteiger partial charge in [0.25, 0.3) is 5.91 Å². The first kappa shape index (κ1) is 19.1. The number of rotatable bonds is 5. The fourth-order valence-electron chi connectivity index (χ4n) is 3.47. The molecule has 0 radical (unpaired) electrons. The maximum atomic E-state index is 12.3. The van der Waals surface area contributed by atoms with Crippen LogP contribution in [0.3, 0.4) is 0 Å². The van der Waals surface area contributed by atoms with Crippen molar-refractivity contribution in [1.29, 1.82) is 5.26 Å². The highest BCUT2D eigenvalue weighted by Crippen LogP contribution is 2.14. The van der Waals surface area contributed by atoms with Gasteiger partial charge in [-0.2, -0.15) is 5.26 Å². The zero-order chi connectivity index (χ0) is 19.1. The van der Waals surface area contributed by atoms with Crippen molar-refractivity contribution in [2.45, 2.75) is 45.7 Å². The summed E-state index contributed by atoms with van der Waals surface area (Å²) >= 11 is 0. The molecule has 27 heavy (non-hydrogen) atoms. The molecule has 140 valence electrons. The number of aryl methyl sites for hydroxylation is 1. The van der Waals surface area contributed by atoms with Crippen molar-refractivity contribution >= 4 is 5.91 Å². The van der Waals surface area contributed by atoms with Crippen molar-refractivity contribution < 1.29 is 4.79 Å². The molecule has 1 amide bonds. The number of hydrogen-bond acceptors (Lipinski definition) is 4. The van der Waals surface area contributed by atoms with Gasteiger partial charge in [0, 0.05) is 13.1 Å². The highest BCUT2D eigenvalue weighted by Gasteiger charge is 2.11. The van der Waals surface area contributed by atoms with Crippen molar-refractivity contribution in [2.24, 2.45) is 0 Å². The molecule has 0 atom stereocenters. The lowest BCUT2D eigenvalue weighted by atomic mass is 10.1. The van der Waals surface area contributed by atoms with E-state index >= 15 is 0 Å². The van der Waals surface area contributed by atoms with E-state index in [1.165, 1.54) is 44.3 Å². The SMILES string of the molecule is Cc1nc(C(=O)NCc2cccc(CN3CCCCCC3)c2)ccc1C#N. The van der Waals surface area contributed by atoms with Crippen LogP contribution >= 0.6 is 0 Å². The van der Waals surface area contributed by atoms with Crippen LogP contribution in [0, 0.1) is 18.3 Å². The van der Waals surface area contributed by atoms with Gasteiger partial charge in [0.2, 0.25) is 0 Å². The van der Waals surface area contributed by atoms with Crippen LogP contribution in [0.5, 0.6) is 0 Å². The summed E-state index contributed by atoms with van der Waals surface area (Å²) in [5, 5.41) is 11.9. The molecule has 0 aliphatic carbocycles. The summed E-state index contributed by atoms with van der Waals surface area (Å²) in [7, 11) is 0. The topological polar surface area (TPSA) is 69.0 Å². The van der Waals surface area contributed by atoms with E-state index < -0.39 is 0 Å². The first-order valence-electron chi connectivity index (χ1n) is 9.62. The Hall–Kier alpha value is -2.71. The lowest BCUT2D eigenvalue weighted by molar-refractivity contribution is 0.0945. The number of nitrogens with one attached hydrogen (secondary N) is 1. The molecule has 1 N–H and O–H groups in total. The number of nitriles is 1. The van der Waals surface area contributed by atoms with E-state index in [0.717, 1.165) is 12.1 Å². The molecular formula is C22H26N4O. The third kappa shape index (κ3) is 5.38. The summed E-state index contributed by atoms with van der Waals surface area (Å²) in [4.78, 5) is 19.1. The second-order valence-corrected chi connectivity index (χ2v) is 7.13. The Labute approximate surface area is 161 Å². The molecule has 0 saturated carbocycles. The van der Waals surface area contributed by atoms with Gasteiger partial charge in [0.05, 0.1) is 11.3 Å². The summed E-state index contributed by atoms with van der Waals surface area (Å²) < 4.78 is 0. The van der Waals surface area contributed by atoms with Gasteiger partial charge in [-0.1, -0.05) is 37.1 Å². The molecule has 2 heterocycles. The number of carbonyl (C=O) groups excluding carboxylic acids is 1. The van der Waals surface area contributed by atoms with E-state index in [2.05, 4.69) is 39.5 Å². The van der Waals surface area contributed by atoms with Crippen molar-refractivity contribution in [2.75, 3.05) is 13.1 Å². The van der Waals surface area contributed by atoms with E-state index in [9.17, 15) is 4.79 Å². The normalized spacial score (nSPS) is 15.0. The Morgan fingerprint density at radius 3 is 2.59 bits per heavy atom. The molecule has 2 aromatic rings. The molecule has 0 bridgehead atoms. The van der Waals surface area contributed by atoms with Gasteiger partial charge in [0.15, 0.2) is 0 Å². The van der Waals surface area contributed by atoms with Crippen LogP contribution in [0.1, 0.15) is 58.6 Å². The van der Waals surface area contributed by atoms with Crippen LogP contribution < -0.4 is 5.32 Å². The summed E-state index contributed by atoms with van der Waals surface area (Å²) in [6, 6.07) is 13.7. The van der Waals surface area contributed by atoms with E-state index in [1.807, 2.05) is 6.07 Å². The fraction of sp³-hybridized carbons (Fsp3) is 0.409. The highest BCUT2D eigenvalue weighted by molar-refractivity contribution is 5.92. The van der Waals surface area contributed by atoms with E-state index in [4.69, 9.17) is 5.26 Å². The number of nitrogens with zero attached hydrogens (tertiary/aromatic N) is 3. The van der Waals surface area contributed by atoms with Crippen LogP contribution in [0.2, 0.25) is 0 Å². The average molecular weight is 362 g/mol. The molecule has 0 spiro atoms. The number of benzene rings is 1. The maximum absolute atomic E-state index is 12.3. The van der Waals surface area contributed by atoms with Gasteiger partial charge in [-0.15, -0.1) is 0 Å². The van der Waals surface area contributed by atoms with Gasteiger partial charge in [-0.25, -0.2) is 4.98 Å². The molecule has 1 aliphatic heterocycles. The second-order valence-electron chi connectivity index (χ2n) is 7.13. The van der Waals surface area contributed by atoms with Crippen molar-refractivity contribution in [3.05, 3.63) is 64.5 Å². The summed E-state index contributed by atoms with van der Waals surface area (Å²) in [6.45, 7) is 5.52. The number of amides is 1. The molecule has 1 aliphatic rings. The van der Waals surface area contributed by atoms with Gasteiger partial charge in [0.1, 0.15) is 11.8 Å². The number of likely N-dealkylation sites (tertiary alicyclic amines) is 1. The standard InChI is InChI=1S/C22H26N4O/c1-17-20(14-23)9-10-21(25-17)22(27)24-15-18-7-6-8-19(13-18)16-26-11-4-2-3-5-12-26/h6-10,13H,2-5,11-12,15-16H2,1H3,(H,24,27). The van der Waals surface area contributed by atoms with Crippen LogP contribution in [-0.4, -0.2) is 28.9 Å². The Morgan fingerprint density at radius 2 is 1.89 bits per heavy atom. The molecular weight excluding hydrogens is 336 g/mol. The number of hydrogen-bond donors (Lipinski definition) is 1. The van der Waals surface area contributed by atoms with Gasteiger partial charge in [-0.05, 0) is 56.1 Å². The Bertz CT molecular complexity index is 832. The lowest BCUT2D eigenvalue weighted by Crippen LogP contribution is -2.25. The van der Waals surface area contributed by atoms with E-state index in [0.29, 0.717) is 23.5 Å². The predicted molar refractivity (Wildman–Crippen MR) is 105 cm³/mol. The zero-order valence-corrected chi connectivity index (χ0v) is 15.9. The largest absolute Gasteiger partial charge is 0.347 e. The first-order valence-corrected chi connectivity index (χ1v) is 9.62. The van der Waals surface area contributed by atoms with Gasteiger partial charge < -0.3 is 5.32 Å². The predicted octanol–water partition coefficient (Wildman–Crippen LogP) is 3.57. The van der Waals surface area contributed by atoms with Crippen LogP contribution in [0.4, 0.5) is 0 Å². The number of aromatic nitrogens is 1. The van der Waals surface area contributed by atoms with E-state index in [1.54, 1.807) is 19.1 Å². The van der Waals surface area contributed by atoms with E-state index in [-0.39, 0.29) is 5.91 Å². The Balaban J connectivity index is 1.58. The second kappa shape index (κ2) is 9.29. The molecule has 1 aromatic heterocycles. The summed E-state index contributed by atoms with van der Waals surface area (Å²) in [5.74, 6) is -0.222. The fourth-order valence-corrected chi connectivity index (χ4v) is 3.47. The van der Waals surface area contributed by atoms with Crippen molar-refractivity contribution in [3.8, 4) is 6.07 Å². The number of pyridine rings is 1. The molecule has 0 unspecified atom stereocenters. The molecule has 1 aromatic carbocycles. The minimum absolute atomic E-state index is 0.222. The minimum atomic E-state index is -0.222. The zero-order valence-electron chi connectivity index (χ0n) is 15.9. The van der Waals surface area contributed by atoms with Gasteiger partial charge in [-0.3, -0.25) is 9.69 Å². The summed E-state index contributed by atoms with van der Waals surface area (Å²) in [5.41, 5.74) is 3.78. The van der Waals surface area contributed by atoms with Crippen LogP contribution in [-0.2, 0) is 13.1 Å². The van der Waals surface area contributed by atoms with Crippen molar-refractivity contribution in [1.82, 2.24) is 15.2 Å². The summed E-state index contributed by atoms with van der Waals surface area (Å²) in [6.07, 6.45) is 5.25. The van der Waals surface area contributed by atoms with Crippen LogP contribution in [0.15, 0.2) is 36.4 Å². The third-order valence-corrected chi connectivity index (χ3v) is 4.99. The quantitative estimate of drug-likeness (QED) is 0.883. The Kier molecular flexibility index (Phi) is 6.56. The Morgan fingerprint density at radius 1 is 1.15 bits per heavy atom. The molecule has 1 fully saturated rings. The molecule has 1 saturated heterocycles. The van der Waals surface area contributed by atoms with Crippen LogP contribution in [0.25, 0.3) is 0 Å². The first-order chi connectivity index (χ1) is 13.2. The van der Waals surface area contributed by atoms with Crippen molar-refractivity contribution in [3.63, 3.8) is 0 Å². The third-order valence-electron chi connectivity index (χ3n) is 4.99. The number of carbonyl (C=O) groups is 1. The average Bonchev–Trinajstić information content (AvgIpc) is 2.95. The lowest BCUT2D eigenvalue weighted by Gasteiger charge is -2.20. The smallest absolute Gasteiger partial charge is 0.270 e. The maximum Gasteiger partial charge on any atom is 0.270 e. The van der Waals surface area contributed by atoms with Gasteiger partial charge >= 0.3 is 0 Å².